The van der Waals surface area contributed by atoms with Gasteiger partial charge in [0.2, 0.25) is 11.9 Å². The summed E-state index contributed by atoms with van der Waals surface area (Å²) in [4.78, 5) is 30.8. The van der Waals surface area contributed by atoms with Gasteiger partial charge in [-0.15, -0.1) is 0 Å². The number of aromatic nitrogens is 1. The molecule has 7 nitrogen and oxygen atoms in total. The first kappa shape index (κ1) is 14.8. The number of hydrogen-bond acceptors (Lipinski definition) is 3. The third kappa shape index (κ3) is 3.68. The fraction of sp³-hybridized carbons (Fsp3) is 0.273. The summed E-state index contributed by atoms with van der Waals surface area (Å²) in [5.41, 5.74) is -1.13. The topological polar surface area (TPSA) is 86.7 Å². The number of amides is 3. The molecule has 0 atom stereocenters. The second-order valence-corrected chi connectivity index (χ2v) is 4.18. The third-order valence-corrected chi connectivity index (χ3v) is 2.48. The molecule has 0 spiro atoms. The number of nitrogens with zero attached hydrogens (tertiary/aromatic N) is 3. The monoisotopic (exact) mass is 301 g/mol. The Morgan fingerprint density at radius 2 is 2.19 bits per heavy atom. The van der Waals surface area contributed by atoms with Crippen LogP contribution in [-0.4, -0.2) is 41.4 Å². The molecule has 10 heteroatoms. The number of urea groups is 1. The molecular weight excluding hydrogens is 291 g/mol. The maximum Gasteiger partial charge on any atom is 0.433 e. The van der Waals surface area contributed by atoms with Gasteiger partial charge in [-0.1, -0.05) is 6.07 Å². The summed E-state index contributed by atoms with van der Waals surface area (Å²) in [5, 5.41) is 4.43. The highest BCUT2D eigenvalue weighted by Crippen LogP contribution is 2.28. The number of alkyl halides is 3. The van der Waals surface area contributed by atoms with Gasteiger partial charge in [-0.3, -0.25) is 15.4 Å². The van der Waals surface area contributed by atoms with Gasteiger partial charge in [-0.2, -0.15) is 18.2 Å². The van der Waals surface area contributed by atoms with E-state index >= 15 is 0 Å². The molecule has 0 radical (unpaired) electrons. The highest BCUT2D eigenvalue weighted by Gasteiger charge is 2.32. The summed E-state index contributed by atoms with van der Waals surface area (Å²) in [7, 11) is 1.53. The van der Waals surface area contributed by atoms with Gasteiger partial charge in [-0.25, -0.2) is 9.78 Å². The smallest absolute Gasteiger partial charge is 0.336 e. The van der Waals surface area contributed by atoms with Crippen molar-refractivity contribution in [3.63, 3.8) is 0 Å². The number of nitrogens with one attached hydrogen (secondary N) is 2. The van der Waals surface area contributed by atoms with Gasteiger partial charge in [0, 0.05) is 7.05 Å². The molecule has 2 N–H and O–H groups in total. The summed E-state index contributed by atoms with van der Waals surface area (Å²) in [6.45, 7) is 0.0495. The predicted octanol–water partition coefficient (Wildman–Crippen LogP) is 1.05. The van der Waals surface area contributed by atoms with Crippen molar-refractivity contribution in [2.45, 2.75) is 6.18 Å². The first-order valence-corrected chi connectivity index (χ1v) is 5.70. The van der Waals surface area contributed by atoms with Gasteiger partial charge in [-0.05, 0) is 12.1 Å². The lowest BCUT2D eigenvalue weighted by Crippen LogP contribution is -2.29. The third-order valence-electron chi connectivity index (χ3n) is 2.48. The van der Waals surface area contributed by atoms with Crippen molar-refractivity contribution in [3.8, 4) is 0 Å². The average Bonchev–Trinajstić information content (AvgIpc) is 2.67. The molecule has 0 saturated carbocycles. The Kier molecular flexibility index (Phi) is 3.78. The molecule has 1 aliphatic rings. The fourth-order valence-corrected chi connectivity index (χ4v) is 1.56. The van der Waals surface area contributed by atoms with Crippen LogP contribution in [0.1, 0.15) is 5.69 Å². The van der Waals surface area contributed by atoms with Crippen molar-refractivity contribution in [3.05, 3.63) is 23.9 Å². The first-order chi connectivity index (χ1) is 9.75. The Balaban J connectivity index is 2.10. The van der Waals surface area contributed by atoms with Crippen molar-refractivity contribution >= 4 is 23.7 Å². The van der Waals surface area contributed by atoms with Crippen LogP contribution in [-0.2, 0) is 11.0 Å². The zero-order valence-corrected chi connectivity index (χ0v) is 10.7. The van der Waals surface area contributed by atoms with Crippen LogP contribution in [0, 0.1) is 0 Å². The van der Waals surface area contributed by atoms with Crippen LogP contribution in [0.4, 0.5) is 23.8 Å². The van der Waals surface area contributed by atoms with Gasteiger partial charge in [0.1, 0.15) is 11.5 Å². The highest BCUT2D eigenvalue weighted by molar-refractivity contribution is 6.09. The molecule has 2 rings (SSSR count). The van der Waals surface area contributed by atoms with Crippen LogP contribution in [0.5, 0.6) is 0 Å². The van der Waals surface area contributed by atoms with E-state index in [0.29, 0.717) is 0 Å². The van der Waals surface area contributed by atoms with Crippen molar-refractivity contribution in [2.75, 3.05) is 18.9 Å². The molecular formula is C11H10F3N5O2. The van der Waals surface area contributed by atoms with Crippen LogP contribution >= 0.6 is 0 Å². The second kappa shape index (κ2) is 5.38. The molecule has 3 amide bonds. The number of carbonyl (C=O) groups is 2. The Morgan fingerprint density at radius 1 is 1.48 bits per heavy atom. The Morgan fingerprint density at radius 3 is 2.76 bits per heavy atom. The molecule has 21 heavy (non-hydrogen) atoms. The van der Waals surface area contributed by atoms with Crippen molar-refractivity contribution in [1.82, 2.24) is 15.2 Å². The summed E-state index contributed by atoms with van der Waals surface area (Å²) in [6, 6.07) is 2.16. The molecule has 1 aromatic rings. The molecule has 112 valence electrons. The number of carbonyl (C=O) groups excluding carboxylic acids is 2. The van der Waals surface area contributed by atoms with Crippen molar-refractivity contribution in [2.24, 2.45) is 4.99 Å². The molecule has 0 aromatic carbocycles. The summed E-state index contributed by atoms with van der Waals surface area (Å²) >= 11 is 0. The van der Waals surface area contributed by atoms with E-state index < -0.39 is 17.9 Å². The van der Waals surface area contributed by atoms with E-state index in [1.165, 1.54) is 18.0 Å². The molecule has 0 bridgehead atoms. The van der Waals surface area contributed by atoms with E-state index in [0.717, 1.165) is 12.1 Å². The summed E-state index contributed by atoms with van der Waals surface area (Å²) in [6.07, 6.45) is -4.60. The van der Waals surface area contributed by atoms with E-state index in [2.05, 4.69) is 20.6 Å². The predicted molar refractivity (Wildman–Crippen MR) is 66.5 cm³/mol. The maximum atomic E-state index is 12.5. The molecule has 1 aliphatic heterocycles. The van der Waals surface area contributed by atoms with Gasteiger partial charge < -0.3 is 4.90 Å². The molecule has 1 saturated heterocycles. The number of aliphatic imine (C=N–C) groups is 1. The number of halogens is 3. The summed E-state index contributed by atoms with van der Waals surface area (Å²) < 4.78 is 37.4. The van der Waals surface area contributed by atoms with Gasteiger partial charge in [0.15, 0.2) is 0 Å². The van der Waals surface area contributed by atoms with E-state index in [-0.39, 0.29) is 24.2 Å². The SMILES string of the molecule is CN1CC(=O)N/C1=N\C(=O)Nc1cccc(C(F)(F)F)n1. The Hall–Kier alpha value is -2.65. The van der Waals surface area contributed by atoms with Gasteiger partial charge >= 0.3 is 12.2 Å². The highest BCUT2D eigenvalue weighted by atomic mass is 19.4. The standard InChI is InChI=1S/C11H10F3N5O2/c1-19-5-8(20)17-9(19)18-10(21)16-7-4-2-3-6(15-7)11(12,13)14/h2-4H,5H2,1H3,(H2,15,16,17,18,20,21). The van der Waals surface area contributed by atoms with E-state index in [4.69, 9.17) is 0 Å². The number of rotatable bonds is 1. The Bertz CT molecular complexity index is 614. The fourth-order valence-electron chi connectivity index (χ4n) is 1.56. The minimum atomic E-state index is -4.60. The van der Waals surface area contributed by atoms with Crippen LogP contribution < -0.4 is 10.6 Å². The quantitative estimate of drug-likeness (QED) is 0.811. The van der Waals surface area contributed by atoms with Crippen LogP contribution in [0.25, 0.3) is 0 Å². The molecule has 1 aromatic heterocycles. The lowest BCUT2D eigenvalue weighted by atomic mass is 10.3. The number of guanidine groups is 1. The molecule has 1 fully saturated rings. The van der Waals surface area contributed by atoms with E-state index in [9.17, 15) is 22.8 Å². The number of hydrogen-bond donors (Lipinski definition) is 2. The Labute approximate surface area is 116 Å². The number of pyridine rings is 1. The minimum absolute atomic E-state index is 0.0180. The molecule has 2 heterocycles. The number of anilines is 1. The van der Waals surface area contributed by atoms with Crippen LogP contribution in [0.15, 0.2) is 23.2 Å². The summed E-state index contributed by atoms with van der Waals surface area (Å²) in [5.74, 6) is -0.600. The zero-order valence-electron chi connectivity index (χ0n) is 10.7. The molecule has 0 unspecified atom stereocenters. The maximum absolute atomic E-state index is 12.5. The second-order valence-electron chi connectivity index (χ2n) is 4.18. The first-order valence-electron chi connectivity index (χ1n) is 5.70. The van der Waals surface area contributed by atoms with E-state index in [1.807, 2.05) is 0 Å². The average molecular weight is 301 g/mol. The van der Waals surface area contributed by atoms with Crippen molar-refractivity contribution < 1.29 is 22.8 Å². The largest absolute Gasteiger partial charge is 0.433 e. The minimum Gasteiger partial charge on any atom is -0.336 e. The van der Waals surface area contributed by atoms with Gasteiger partial charge in [0.25, 0.3) is 0 Å². The number of likely N-dealkylation sites (N-methyl/N-ethyl adjacent to an activating group) is 1. The van der Waals surface area contributed by atoms with Gasteiger partial charge in [0.05, 0.1) is 6.54 Å². The molecule has 0 aliphatic carbocycles. The lowest BCUT2D eigenvalue weighted by molar-refractivity contribution is -0.141. The van der Waals surface area contributed by atoms with Crippen molar-refractivity contribution in [1.29, 1.82) is 0 Å². The lowest BCUT2D eigenvalue weighted by Gasteiger charge is -2.09. The van der Waals surface area contributed by atoms with Crippen LogP contribution in [0.2, 0.25) is 0 Å². The van der Waals surface area contributed by atoms with Crippen LogP contribution in [0.3, 0.4) is 0 Å². The normalized spacial score (nSPS) is 17.0. The zero-order chi connectivity index (χ0) is 15.6. The van der Waals surface area contributed by atoms with E-state index in [1.54, 1.807) is 0 Å².